The highest BCUT2D eigenvalue weighted by Gasteiger charge is 2.36. The van der Waals surface area contributed by atoms with Crippen molar-refractivity contribution in [3.8, 4) is 5.75 Å². The van der Waals surface area contributed by atoms with E-state index >= 15 is 0 Å². The van der Waals surface area contributed by atoms with E-state index in [2.05, 4.69) is 5.32 Å². The van der Waals surface area contributed by atoms with E-state index in [0.29, 0.717) is 44.1 Å². The Labute approximate surface area is 160 Å². The maximum Gasteiger partial charge on any atom is 0.227 e. The summed E-state index contributed by atoms with van der Waals surface area (Å²) in [6.45, 7) is 1.86. The van der Waals surface area contributed by atoms with Gasteiger partial charge in [-0.3, -0.25) is 9.59 Å². The van der Waals surface area contributed by atoms with Crippen molar-refractivity contribution in [1.29, 1.82) is 0 Å². The first-order chi connectivity index (χ1) is 12.1. The highest BCUT2D eigenvalue weighted by atomic mass is 35.5. The van der Waals surface area contributed by atoms with Gasteiger partial charge in [0.2, 0.25) is 11.8 Å². The smallest absolute Gasteiger partial charge is 0.227 e. The molecule has 1 aromatic rings. The fraction of sp³-hybridized carbons (Fsp3) is 0.579. The molecule has 1 saturated carbocycles. The van der Waals surface area contributed by atoms with Gasteiger partial charge in [0.15, 0.2) is 0 Å². The molecular weight excluding hydrogens is 354 g/mol. The van der Waals surface area contributed by atoms with Crippen molar-refractivity contribution in [1.82, 2.24) is 4.90 Å². The number of carbonyl (C=O) groups excluding carboxylic acids is 2. The Hall–Kier alpha value is -1.79. The van der Waals surface area contributed by atoms with Crippen LogP contribution in [0, 0.1) is 17.8 Å². The molecule has 1 aliphatic carbocycles. The molecule has 0 spiro atoms. The summed E-state index contributed by atoms with van der Waals surface area (Å²) < 4.78 is 0. The number of phenolic OH excluding ortho intramolecular Hbond substituents is 1. The van der Waals surface area contributed by atoms with Crippen molar-refractivity contribution in [2.24, 2.45) is 23.5 Å². The molecule has 4 N–H and O–H groups in total. The molecule has 6 nitrogen and oxygen atoms in total. The Balaban J connectivity index is 0.00000243. The van der Waals surface area contributed by atoms with Crippen molar-refractivity contribution in [3.63, 3.8) is 0 Å². The summed E-state index contributed by atoms with van der Waals surface area (Å²) in [7, 11) is 0. The maximum atomic E-state index is 12.7. The molecular formula is C19H28ClN3O3. The lowest BCUT2D eigenvalue weighted by atomic mass is 9.91. The van der Waals surface area contributed by atoms with Crippen molar-refractivity contribution in [3.05, 3.63) is 24.3 Å². The number of hydrogen-bond acceptors (Lipinski definition) is 4. The van der Waals surface area contributed by atoms with E-state index < -0.39 is 0 Å². The summed E-state index contributed by atoms with van der Waals surface area (Å²) in [6, 6.07) is 6.45. The molecule has 2 fully saturated rings. The second-order valence-electron chi connectivity index (χ2n) is 7.17. The monoisotopic (exact) mass is 381 g/mol. The van der Waals surface area contributed by atoms with Gasteiger partial charge in [0.1, 0.15) is 5.75 Å². The Morgan fingerprint density at radius 3 is 2.38 bits per heavy atom. The molecule has 0 bridgehead atoms. The first kappa shape index (κ1) is 20.5. The molecule has 3 rings (SSSR count). The lowest BCUT2D eigenvalue weighted by Gasteiger charge is -2.34. The molecule has 1 heterocycles. The second-order valence-corrected chi connectivity index (χ2v) is 7.17. The molecule has 1 saturated heterocycles. The topological polar surface area (TPSA) is 95.7 Å². The van der Waals surface area contributed by atoms with E-state index in [4.69, 9.17) is 5.73 Å². The highest BCUT2D eigenvalue weighted by Crippen LogP contribution is 2.33. The number of anilines is 1. The molecule has 2 aliphatic rings. The molecule has 0 unspecified atom stereocenters. The molecule has 1 aromatic carbocycles. The van der Waals surface area contributed by atoms with Crippen LogP contribution in [-0.2, 0) is 9.59 Å². The van der Waals surface area contributed by atoms with E-state index in [0.717, 1.165) is 19.3 Å². The third-order valence-corrected chi connectivity index (χ3v) is 5.59. The number of phenols is 1. The third kappa shape index (κ3) is 4.68. The van der Waals surface area contributed by atoms with Gasteiger partial charge in [-0.2, -0.15) is 0 Å². The van der Waals surface area contributed by atoms with Gasteiger partial charge < -0.3 is 21.1 Å². The standard InChI is InChI=1S/C19H27N3O3.ClH/c20-12-14-2-1-3-17(14)19(25)22-10-8-13(9-11-22)18(24)21-15-4-6-16(23)7-5-15;/h4-7,13-14,17,23H,1-3,8-12,20H2,(H,21,24);1H/t14-,17-;/m1./s1. The minimum absolute atomic E-state index is 0. The molecule has 0 aromatic heterocycles. The number of benzene rings is 1. The van der Waals surface area contributed by atoms with Gasteiger partial charge >= 0.3 is 0 Å². The van der Waals surface area contributed by atoms with Crippen LogP contribution in [0.15, 0.2) is 24.3 Å². The van der Waals surface area contributed by atoms with Gasteiger partial charge in [-0.05, 0) is 62.4 Å². The number of nitrogens with zero attached hydrogens (tertiary/aromatic N) is 1. The van der Waals surface area contributed by atoms with E-state index in [-0.39, 0.29) is 41.8 Å². The van der Waals surface area contributed by atoms with Gasteiger partial charge in [-0.25, -0.2) is 0 Å². The number of rotatable bonds is 4. The zero-order valence-electron chi connectivity index (χ0n) is 14.9. The van der Waals surface area contributed by atoms with Gasteiger partial charge in [0, 0.05) is 30.6 Å². The Kier molecular flexibility index (Phi) is 7.29. The number of likely N-dealkylation sites (tertiary alicyclic amines) is 1. The molecule has 2 atom stereocenters. The van der Waals surface area contributed by atoms with E-state index in [1.54, 1.807) is 24.3 Å². The molecule has 7 heteroatoms. The lowest BCUT2D eigenvalue weighted by molar-refractivity contribution is -0.139. The second kappa shape index (κ2) is 9.24. The van der Waals surface area contributed by atoms with Crippen molar-refractivity contribution in [2.45, 2.75) is 32.1 Å². The van der Waals surface area contributed by atoms with Crippen molar-refractivity contribution in [2.75, 3.05) is 25.0 Å². The first-order valence-electron chi connectivity index (χ1n) is 9.17. The van der Waals surface area contributed by atoms with Crippen LogP contribution in [0.25, 0.3) is 0 Å². The number of amides is 2. The SMILES string of the molecule is Cl.NC[C@H]1CCC[C@H]1C(=O)N1CCC(C(=O)Nc2ccc(O)cc2)CC1. The lowest BCUT2D eigenvalue weighted by Crippen LogP contribution is -2.45. The number of nitrogens with two attached hydrogens (primary N) is 1. The molecule has 2 amide bonds. The fourth-order valence-electron chi connectivity index (χ4n) is 4.03. The first-order valence-corrected chi connectivity index (χ1v) is 9.17. The summed E-state index contributed by atoms with van der Waals surface area (Å²) in [5.41, 5.74) is 6.48. The highest BCUT2D eigenvalue weighted by molar-refractivity contribution is 5.92. The van der Waals surface area contributed by atoms with Crippen LogP contribution in [0.2, 0.25) is 0 Å². The van der Waals surface area contributed by atoms with Crippen LogP contribution in [0.4, 0.5) is 5.69 Å². The Morgan fingerprint density at radius 2 is 1.77 bits per heavy atom. The molecule has 0 radical (unpaired) electrons. The number of halogens is 1. The zero-order valence-corrected chi connectivity index (χ0v) is 15.7. The van der Waals surface area contributed by atoms with E-state index in [1.807, 2.05) is 4.90 Å². The minimum Gasteiger partial charge on any atom is -0.508 e. The summed E-state index contributed by atoms with van der Waals surface area (Å²) in [5.74, 6) is 0.707. The van der Waals surface area contributed by atoms with Crippen LogP contribution >= 0.6 is 12.4 Å². The van der Waals surface area contributed by atoms with Crippen LogP contribution in [0.3, 0.4) is 0 Å². The van der Waals surface area contributed by atoms with Gasteiger partial charge in [-0.1, -0.05) is 6.42 Å². The maximum absolute atomic E-state index is 12.7. The summed E-state index contributed by atoms with van der Waals surface area (Å²) in [6.07, 6.45) is 4.47. The van der Waals surface area contributed by atoms with E-state index in [1.165, 1.54) is 0 Å². The molecule has 144 valence electrons. The average molecular weight is 382 g/mol. The quantitative estimate of drug-likeness (QED) is 0.697. The number of nitrogens with one attached hydrogen (secondary N) is 1. The normalized spacial score (nSPS) is 23.3. The van der Waals surface area contributed by atoms with Gasteiger partial charge in [0.05, 0.1) is 0 Å². The number of carbonyl (C=O) groups is 2. The predicted molar refractivity (Wildman–Crippen MR) is 103 cm³/mol. The fourth-order valence-corrected chi connectivity index (χ4v) is 4.03. The van der Waals surface area contributed by atoms with Crippen molar-refractivity contribution < 1.29 is 14.7 Å². The predicted octanol–water partition coefficient (Wildman–Crippen LogP) is 2.37. The summed E-state index contributed by atoms with van der Waals surface area (Å²) in [4.78, 5) is 27.0. The van der Waals surface area contributed by atoms with Crippen LogP contribution in [0.1, 0.15) is 32.1 Å². The molecule has 1 aliphatic heterocycles. The number of hydrogen-bond donors (Lipinski definition) is 3. The number of aromatic hydroxyl groups is 1. The summed E-state index contributed by atoms with van der Waals surface area (Å²) >= 11 is 0. The van der Waals surface area contributed by atoms with Crippen LogP contribution < -0.4 is 11.1 Å². The van der Waals surface area contributed by atoms with E-state index in [9.17, 15) is 14.7 Å². The van der Waals surface area contributed by atoms with Crippen molar-refractivity contribution >= 4 is 29.9 Å². The van der Waals surface area contributed by atoms with Gasteiger partial charge in [-0.15, -0.1) is 12.4 Å². The zero-order chi connectivity index (χ0) is 17.8. The number of piperidine rings is 1. The average Bonchev–Trinajstić information content (AvgIpc) is 3.12. The largest absolute Gasteiger partial charge is 0.508 e. The Bertz CT molecular complexity index is 615. The third-order valence-electron chi connectivity index (χ3n) is 5.59. The van der Waals surface area contributed by atoms with Crippen LogP contribution in [-0.4, -0.2) is 41.5 Å². The minimum atomic E-state index is -0.0771. The summed E-state index contributed by atoms with van der Waals surface area (Å²) in [5, 5.41) is 12.2. The molecule has 26 heavy (non-hydrogen) atoms. The van der Waals surface area contributed by atoms with Crippen LogP contribution in [0.5, 0.6) is 5.75 Å². The van der Waals surface area contributed by atoms with Gasteiger partial charge in [0.25, 0.3) is 0 Å². The Morgan fingerprint density at radius 1 is 1.12 bits per heavy atom.